The molecule has 1 aliphatic carbocycles. The molecule has 118 valence electrons. The van der Waals surface area contributed by atoms with Crippen LogP contribution in [-0.4, -0.2) is 5.71 Å². The van der Waals surface area contributed by atoms with Gasteiger partial charge in [-0.1, -0.05) is 55.1 Å². The molecule has 0 saturated carbocycles. The predicted octanol–water partition coefficient (Wildman–Crippen LogP) is 6.04. The van der Waals surface area contributed by atoms with Gasteiger partial charge >= 0.3 is 0 Å². The second-order valence-corrected chi connectivity index (χ2v) is 6.15. The Morgan fingerprint density at radius 3 is 2.75 bits per heavy atom. The fraction of sp³-hybridized carbons (Fsp3) is 0.136. The molecule has 1 aromatic heterocycles. The van der Waals surface area contributed by atoms with Crippen LogP contribution in [0.1, 0.15) is 18.9 Å². The largest absolute Gasteiger partial charge is 0.456 e. The lowest BCUT2D eigenvalue weighted by Crippen LogP contribution is -2.02. The Bertz CT molecular complexity index is 1020. The van der Waals surface area contributed by atoms with E-state index in [4.69, 9.17) is 9.41 Å². The maximum Gasteiger partial charge on any atom is 0.136 e. The predicted molar refractivity (Wildman–Crippen MR) is 101 cm³/mol. The Kier molecular flexibility index (Phi) is 3.66. The highest BCUT2D eigenvalue weighted by Gasteiger charge is 2.11. The van der Waals surface area contributed by atoms with Gasteiger partial charge < -0.3 is 4.42 Å². The van der Waals surface area contributed by atoms with Crippen LogP contribution in [0.2, 0.25) is 0 Å². The summed E-state index contributed by atoms with van der Waals surface area (Å²) >= 11 is 0. The van der Waals surface area contributed by atoms with Crippen molar-refractivity contribution >= 4 is 27.7 Å². The van der Waals surface area contributed by atoms with E-state index in [9.17, 15) is 0 Å². The summed E-state index contributed by atoms with van der Waals surface area (Å²) in [5.41, 5.74) is 4.75. The standard InChI is InChI=1S/C22H19NO/c1-15(17-8-4-3-5-9-17)23-16(2)18-12-13-20-19-10-6-7-11-21(19)24-22(20)14-18/h3-8,10-14,17H,1,9H2,2H3/b23-16+. The molecule has 1 heterocycles. The average Bonchev–Trinajstić information content (AvgIpc) is 3.00. The minimum absolute atomic E-state index is 0.292. The zero-order valence-electron chi connectivity index (χ0n) is 13.7. The highest BCUT2D eigenvalue weighted by Crippen LogP contribution is 2.29. The van der Waals surface area contributed by atoms with E-state index in [-0.39, 0.29) is 0 Å². The van der Waals surface area contributed by atoms with Gasteiger partial charge in [0.15, 0.2) is 0 Å². The molecule has 0 saturated heterocycles. The maximum atomic E-state index is 5.97. The molecule has 0 aliphatic heterocycles. The maximum absolute atomic E-state index is 5.97. The van der Waals surface area contributed by atoms with Crippen molar-refractivity contribution in [2.45, 2.75) is 13.3 Å². The van der Waals surface area contributed by atoms with Crippen molar-refractivity contribution in [3.8, 4) is 0 Å². The quantitative estimate of drug-likeness (QED) is 0.541. The summed E-state index contributed by atoms with van der Waals surface area (Å²) in [4.78, 5) is 4.73. The van der Waals surface area contributed by atoms with Crippen molar-refractivity contribution in [3.05, 3.63) is 84.6 Å². The summed E-state index contributed by atoms with van der Waals surface area (Å²) in [6, 6.07) is 14.4. The van der Waals surface area contributed by atoms with Gasteiger partial charge in [0.05, 0.1) is 0 Å². The van der Waals surface area contributed by atoms with Gasteiger partial charge in [0, 0.05) is 28.1 Å². The zero-order chi connectivity index (χ0) is 16.5. The first-order valence-corrected chi connectivity index (χ1v) is 8.21. The van der Waals surface area contributed by atoms with Gasteiger partial charge in [0.2, 0.25) is 0 Å². The van der Waals surface area contributed by atoms with Gasteiger partial charge in [-0.3, -0.25) is 4.99 Å². The van der Waals surface area contributed by atoms with Gasteiger partial charge in [-0.2, -0.15) is 0 Å². The minimum Gasteiger partial charge on any atom is -0.456 e. The van der Waals surface area contributed by atoms with E-state index >= 15 is 0 Å². The van der Waals surface area contributed by atoms with Crippen LogP contribution in [0.15, 0.2) is 88.5 Å². The van der Waals surface area contributed by atoms with Crippen molar-refractivity contribution in [2.24, 2.45) is 10.9 Å². The molecule has 1 atom stereocenters. The van der Waals surface area contributed by atoms with Gasteiger partial charge in [-0.15, -0.1) is 0 Å². The number of nitrogens with zero attached hydrogens (tertiary/aromatic N) is 1. The number of aliphatic imine (C=N–C) groups is 1. The summed E-state index contributed by atoms with van der Waals surface area (Å²) in [7, 11) is 0. The van der Waals surface area contributed by atoms with E-state index in [1.807, 2.05) is 25.1 Å². The molecule has 0 spiro atoms. The molecule has 1 unspecified atom stereocenters. The van der Waals surface area contributed by atoms with E-state index in [1.54, 1.807) is 0 Å². The normalized spacial score (nSPS) is 17.7. The average molecular weight is 313 g/mol. The molecule has 0 fully saturated rings. The summed E-state index contributed by atoms with van der Waals surface area (Å²) in [6.45, 7) is 6.17. The third kappa shape index (κ3) is 2.61. The van der Waals surface area contributed by atoms with Crippen molar-refractivity contribution < 1.29 is 4.42 Å². The fourth-order valence-corrected chi connectivity index (χ4v) is 3.14. The van der Waals surface area contributed by atoms with Gasteiger partial charge in [-0.25, -0.2) is 0 Å². The molecule has 4 rings (SSSR count). The second-order valence-electron chi connectivity index (χ2n) is 6.15. The van der Waals surface area contributed by atoms with Crippen LogP contribution < -0.4 is 0 Å². The number of para-hydroxylation sites is 1. The molecule has 3 aromatic rings. The molecule has 2 aromatic carbocycles. The fourth-order valence-electron chi connectivity index (χ4n) is 3.14. The van der Waals surface area contributed by atoms with Crippen LogP contribution in [0.5, 0.6) is 0 Å². The van der Waals surface area contributed by atoms with E-state index in [0.29, 0.717) is 5.92 Å². The Balaban J connectivity index is 1.69. The highest BCUT2D eigenvalue weighted by molar-refractivity contribution is 6.08. The lowest BCUT2D eigenvalue weighted by Gasteiger charge is -2.13. The van der Waals surface area contributed by atoms with Crippen molar-refractivity contribution in [2.75, 3.05) is 0 Å². The molecule has 0 amide bonds. The number of fused-ring (bicyclic) bond motifs is 3. The summed E-state index contributed by atoms with van der Waals surface area (Å²) in [5, 5.41) is 2.29. The van der Waals surface area contributed by atoms with E-state index < -0.39 is 0 Å². The number of hydrogen-bond acceptors (Lipinski definition) is 2. The number of benzene rings is 2. The van der Waals surface area contributed by atoms with Crippen LogP contribution in [0.3, 0.4) is 0 Å². The Hall–Kier alpha value is -2.87. The van der Waals surface area contributed by atoms with E-state index in [2.05, 4.69) is 55.1 Å². The van der Waals surface area contributed by atoms with Crippen molar-refractivity contribution in [1.29, 1.82) is 0 Å². The molecule has 2 nitrogen and oxygen atoms in total. The molecular formula is C22H19NO. The number of furan rings is 1. The SMILES string of the molecule is C=C(/N=C(\C)c1ccc2c(c1)oc1ccccc12)C1C=CC=CC1. The molecule has 1 aliphatic rings. The Morgan fingerprint density at radius 2 is 1.92 bits per heavy atom. The number of hydrogen-bond donors (Lipinski definition) is 0. The molecule has 0 bridgehead atoms. The van der Waals surface area contributed by atoms with Crippen LogP contribution in [0, 0.1) is 5.92 Å². The van der Waals surface area contributed by atoms with Crippen LogP contribution in [-0.2, 0) is 0 Å². The lowest BCUT2D eigenvalue weighted by atomic mass is 9.98. The summed E-state index contributed by atoms with van der Waals surface area (Å²) in [5.74, 6) is 0.292. The molecule has 2 heteroatoms. The topological polar surface area (TPSA) is 25.5 Å². The summed E-state index contributed by atoms with van der Waals surface area (Å²) < 4.78 is 5.97. The smallest absolute Gasteiger partial charge is 0.136 e. The number of allylic oxidation sites excluding steroid dienone is 4. The van der Waals surface area contributed by atoms with Gasteiger partial charge in [0.1, 0.15) is 11.2 Å². The van der Waals surface area contributed by atoms with Gasteiger partial charge in [0.25, 0.3) is 0 Å². The molecule has 24 heavy (non-hydrogen) atoms. The first kappa shape index (κ1) is 14.7. The highest BCUT2D eigenvalue weighted by atomic mass is 16.3. The van der Waals surface area contributed by atoms with Crippen molar-refractivity contribution in [3.63, 3.8) is 0 Å². The van der Waals surface area contributed by atoms with Crippen LogP contribution in [0.25, 0.3) is 21.9 Å². The number of rotatable bonds is 3. The third-order valence-electron chi connectivity index (χ3n) is 4.52. The molecule has 0 N–H and O–H groups in total. The van der Waals surface area contributed by atoms with Crippen LogP contribution in [0.4, 0.5) is 0 Å². The minimum atomic E-state index is 0.292. The molecule has 0 radical (unpaired) electrons. The first-order chi connectivity index (χ1) is 11.7. The zero-order valence-corrected chi connectivity index (χ0v) is 13.7. The Labute approximate surface area is 141 Å². The third-order valence-corrected chi connectivity index (χ3v) is 4.52. The lowest BCUT2D eigenvalue weighted by molar-refractivity contribution is 0.669. The van der Waals surface area contributed by atoms with Crippen molar-refractivity contribution in [1.82, 2.24) is 0 Å². The molecular weight excluding hydrogens is 294 g/mol. The summed E-state index contributed by atoms with van der Waals surface area (Å²) in [6.07, 6.45) is 9.40. The van der Waals surface area contributed by atoms with E-state index in [1.165, 1.54) is 0 Å². The first-order valence-electron chi connectivity index (χ1n) is 8.21. The van der Waals surface area contributed by atoms with E-state index in [0.717, 1.165) is 45.3 Å². The van der Waals surface area contributed by atoms with Crippen LogP contribution >= 0.6 is 0 Å². The van der Waals surface area contributed by atoms with Gasteiger partial charge in [-0.05, 0) is 37.1 Å². The second kappa shape index (κ2) is 5.97. The Morgan fingerprint density at radius 1 is 1.08 bits per heavy atom. The monoisotopic (exact) mass is 313 g/mol.